The van der Waals surface area contributed by atoms with Gasteiger partial charge < -0.3 is 19.5 Å². The molecule has 1 atom stereocenters. The molecule has 2 aromatic carbocycles. The molecule has 0 aliphatic carbocycles. The Morgan fingerprint density at radius 3 is 2.56 bits per heavy atom. The summed E-state index contributed by atoms with van der Waals surface area (Å²) in [5.41, 5.74) is 1.16. The molecule has 0 aromatic heterocycles. The lowest BCUT2D eigenvalue weighted by molar-refractivity contribution is -0.120. The molecule has 1 unspecified atom stereocenters. The third-order valence-electron chi connectivity index (χ3n) is 5.89. The van der Waals surface area contributed by atoms with E-state index in [4.69, 9.17) is 14.2 Å². The van der Waals surface area contributed by atoms with Gasteiger partial charge in [0.15, 0.2) is 11.5 Å². The highest BCUT2D eigenvalue weighted by atomic mass is 32.2. The summed E-state index contributed by atoms with van der Waals surface area (Å²) in [6.45, 7) is 5.98. The minimum absolute atomic E-state index is 0.131. The summed E-state index contributed by atoms with van der Waals surface area (Å²) in [5, 5.41) is 2.90. The van der Waals surface area contributed by atoms with Crippen molar-refractivity contribution in [1.82, 2.24) is 4.31 Å². The van der Waals surface area contributed by atoms with Gasteiger partial charge in [-0.15, -0.1) is 0 Å². The first-order valence-corrected chi connectivity index (χ1v) is 13.0. The van der Waals surface area contributed by atoms with E-state index in [0.29, 0.717) is 67.8 Å². The van der Waals surface area contributed by atoms with Crippen LogP contribution in [0.2, 0.25) is 0 Å². The van der Waals surface area contributed by atoms with E-state index in [2.05, 4.69) is 5.32 Å². The zero-order valence-corrected chi connectivity index (χ0v) is 20.3. The van der Waals surface area contributed by atoms with Crippen LogP contribution in [0.25, 0.3) is 0 Å². The summed E-state index contributed by atoms with van der Waals surface area (Å²) in [7, 11) is -3.79. The monoisotopic (exact) mass is 489 g/mol. The zero-order chi connectivity index (χ0) is 24.1. The van der Waals surface area contributed by atoms with Crippen LogP contribution in [0.1, 0.15) is 26.7 Å². The van der Waals surface area contributed by atoms with Crippen LogP contribution < -0.4 is 23.8 Å². The van der Waals surface area contributed by atoms with E-state index < -0.39 is 16.1 Å². The largest absolute Gasteiger partial charge is 0.494 e. The number of hydrogen-bond acceptors (Lipinski definition) is 6. The molecule has 184 valence electrons. The Kier molecular flexibility index (Phi) is 7.47. The van der Waals surface area contributed by atoms with E-state index in [9.17, 15) is 13.2 Å². The highest BCUT2D eigenvalue weighted by Gasteiger charge is 2.35. The van der Waals surface area contributed by atoms with Gasteiger partial charge in [0.2, 0.25) is 5.91 Å². The Morgan fingerprint density at radius 2 is 1.85 bits per heavy atom. The first kappa shape index (κ1) is 24.2. The van der Waals surface area contributed by atoms with Crippen molar-refractivity contribution < 1.29 is 27.4 Å². The second-order valence-corrected chi connectivity index (χ2v) is 10.00. The van der Waals surface area contributed by atoms with Crippen LogP contribution in [0.3, 0.4) is 0 Å². The SMILES string of the molecule is CCOc1ccc(N(CC)S(=O)(=O)N2CCCC(C(=O)Nc3ccc4c(c3)OCCO4)C2)cc1. The first-order chi connectivity index (χ1) is 16.4. The smallest absolute Gasteiger partial charge is 0.304 e. The van der Waals surface area contributed by atoms with Crippen LogP contribution in [0.15, 0.2) is 42.5 Å². The molecule has 34 heavy (non-hydrogen) atoms. The number of nitrogens with zero attached hydrogens (tertiary/aromatic N) is 2. The van der Waals surface area contributed by atoms with Gasteiger partial charge in [-0.05, 0) is 63.1 Å². The first-order valence-electron chi connectivity index (χ1n) is 11.6. The molecule has 0 radical (unpaired) electrons. The highest BCUT2D eigenvalue weighted by molar-refractivity contribution is 7.90. The standard InChI is InChI=1S/C24H31N3O6S/c1-3-27(20-8-10-21(11-9-20)31-4-2)34(29,30)26-13-5-6-18(17-26)24(28)25-19-7-12-22-23(16-19)33-15-14-32-22/h7-12,16,18H,3-6,13-15,17H2,1-2H3,(H,25,28). The molecule has 1 N–H and O–H groups in total. The number of nitrogens with one attached hydrogen (secondary N) is 1. The van der Waals surface area contributed by atoms with Gasteiger partial charge in [0.05, 0.1) is 18.2 Å². The molecule has 2 heterocycles. The van der Waals surface area contributed by atoms with Crippen LogP contribution in [0, 0.1) is 5.92 Å². The van der Waals surface area contributed by atoms with Crippen molar-refractivity contribution in [3.8, 4) is 17.2 Å². The number of amides is 1. The van der Waals surface area contributed by atoms with Crippen LogP contribution in [-0.4, -0.2) is 58.1 Å². The van der Waals surface area contributed by atoms with Gasteiger partial charge in [-0.3, -0.25) is 9.10 Å². The molecule has 1 amide bonds. The van der Waals surface area contributed by atoms with Gasteiger partial charge in [0, 0.05) is 31.4 Å². The molecule has 4 rings (SSSR count). The van der Waals surface area contributed by atoms with E-state index in [1.165, 1.54) is 8.61 Å². The van der Waals surface area contributed by atoms with Gasteiger partial charge in [-0.25, -0.2) is 0 Å². The third kappa shape index (κ3) is 5.23. The minimum atomic E-state index is -3.79. The normalized spacial score (nSPS) is 18.2. The Balaban J connectivity index is 1.44. The van der Waals surface area contributed by atoms with Crippen LogP contribution >= 0.6 is 0 Å². The molecular formula is C24H31N3O6S. The highest BCUT2D eigenvalue weighted by Crippen LogP contribution is 2.33. The molecule has 1 fully saturated rings. The Labute approximate surface area is 200 Å². The van der Waals surface area contributed by atoms with E-state index >= 15 is 0 Å². The lowest BCUT2D eigenvalue weighted by Gasteiger charge is -2.35. The molecule has 2 aliphatic heterocycles. The number of rotatable bonds is 8. The minimum Gasteiger partial charge on any atom is -0.494 e. The molecule has 2 aromatic rings. The summed E-state index contributed by atoms with van der Waals surface area (Å²) in [4.78, 5) is 13.0. The quantitative estimate of drug-likeness (QED) is 0.611. The van der Waals surface area contributed by atoms with E-state index in [0.717, 1.165) is 0 Å². The van der Waals surface area contributed by atoms with Crippen molar-refractivity contribution in [2.24, 2.45) is 5.92 Å². The summed E-state index contributed by atoms with van der Waals surface area (Å²) < 4.78 is 46.3. The number of benzene rings is 2. The third-order valence-corrected chi connectivity index (χ3v) is 7.90. The van der Waals surface area contributed by atoms with E-state index in [-0.39, 0.29) is 19.0 Å². The van der Waals surface area contributed by atoms with Crippen LogP contribution in [-0.2, 0) is 15.0 Å². The van der Waals surface area contributed by atoms with Crippen molar-refractivity contribution in [3.63, 3.8) is 0 Å². The predicted octanol–water partition coefficient (Wildman–Crippen LogP) is 3.28. The van der Waals surface area contributed by atoms with Crippen molar-refractivity contribution in [1.29, 1.82) is 0 Å². The fourth-order valence-corrected chi connectivity index (χ4v) is 5.95. The molecular weight excluding hydrogens is 458 g/mol. The number of carbonyl (C=O) groups excluding carboxylic acids is 1. The molecule has 0 bridgehead atoms. The zero-order valence-electron chi connectivity index (χ0n) is 19.5. The summed E-state index contributed by atoms with van der Waals surface area (Å²) in [6.07, 6.45) is 1.23. The molecule has 9 nitrogen and oxygen atoms in total. The number of hydrogen-bond donors (Lipinski definition) is 1. The molecule has 2 aliphatic rings. The fraction of sp³-hybridized carbons (Fsp3) is 0.458. The van der Waals surface area contributed by atoms with E-state index in [1.807, 2.05) is 6.92 Å². The van der Waals surface area contributed by atoms with Gasteiger partial charge in [0.1, 0.15) is 19.0 Å². The van der Waals surface area contributed by atoms with Crippen LogP contribution in [0.4, 0.5) is 11.4 Å². The van der Waals surface area contributed by atoms with Gasteiger partial charge in [-0.2, -0.15) is 12.7 Å². The average Bonchev–Trinajstić information content (AvgIpc) is 2.85. The van der Waals surface area contributed by atoms with E-state index in [1.54, 1.807) is 49.4 Å². The number of fused-ring (bicyclic) bond motifs is 1. The van der Waals surface area contributed by atoms with Gasteiger partial charge >= 0.3 is 10.2 Å². The van der Waals surface area contributed by atoms with Crippen molar-refractivity contribution in [3.05, 3.63) is 42.5 Å². The maximum atomic E-state index is 13.5. The Hall–Kier alpha value is -2.98. The number of anilines is 2. The second-order valence-electron chi connectivity index (χ2n) is 8.14. The molecule has 0 spiro atoms. The van der Waals surface area contributed by atoms with Gasteiger partial charge in [-0.1, -0.05) is 0 Å². The second kappa shape index (κ2) is 10.5. The average molecular weight is 490 g/mol. The number of piperidine rings is 1. The summed E-state index contributed by atoms with van der Waals surface area (Å²) >= 11 is 0. The molecule has 0 saturated carbocycles. The predicted molar refractivity (Wildman–Crippen MR) is 130 cm³/mol. The lowest BCUT2D eigenvalue weighted by atomic mass is 9.98. The fourth-order valence-electron chi connectivity index (χ4n) is 4.23. The number of ether oxygens (including phenoxy) is 3. The number of carbonyl (C=O) groups is 1. The topological polar surface area (TPSA) is 97.4 Å². The lowest BCUT2D eigenvalue weighted by Crippen LogP contribution is -2.50. The Bertz CT molecular complexity index is 1110. The summed E-state index contributed by atoms with van der Waals surface area (Å²) in [6, 6.07) is 12.2. The maximum absolute atomic E-state index is 13.5. The maximum Gasteiger partial charge on any atom is 0.304 e. The summed E-state index contributed by atoms with van der Waals surface area (Å²) in [5.74, 6) is 1.27. The molecule has 1 saturated heterocycles. The van der Waals surface area contributed by atoms with Crippen LogP contribution in [0.5, 0.6) is 17.2 Å². The van der Waals surface area contributed by atoms with Gasteiger partial charge in [0.25, 0.3) is 0 Å². The van der Waals surface area contributed by atoms with Crippen molar-refractivity contribution in [2.75, 3.05) is 49.1 Å². The Morgan fingerprint density at radius 1 is 1.12 bits per heavy atom. The van der Waals surface area contributed by atoms with Crippen molar-refractivity contribution >= 4 is 27.5 Å². The van der Waals surface area contributed by atoms with Crippen molar-refractivity contribution in [2.45, 2.75) is 26.7 Å². The molecule has 10 heteroatoms.